The van der Waals surface area contributed by atoms with Crippen molar-refractivity contribution in [3.8, 4) is 0 Å². The highest BCUT2D eigenvalue weighted by Gasteiger charge is 2.21. The summed E-state index contributed by atoms with van der Waals surface area (Å²) in [5.74, 6) is 0.903. The zero-order chi connectivity index (χ0) is 9.97. The lowest BCUT2D eigenvalue weighted by Gasteiger charge is -2.13. The van der Waals surface area contributed by atoms with Gasteiger partial charge >= 0.3 is 0 Å². The van der Waals surface area contributed by atoms with Crippen LogP contribution in [-0.4, -0.2) is 23.0 Å². The Labute approximate surface area is 88.9 Å². The molecule has 1 atom stereocenters. The third kappa shape index (κ3) is 2.25. The van der Waals surface area contributed by atoms with Crippen molar-refractivity contribution in [3.05, 3.63) is 11.1 Å². The molecule has 2 heterocycles. The van der Waals surface area contributed by atoms with Gasteiger partial charge in [0.05, 0.1) is 0 Å². The van der Waals surface area contributed by atoms with E-state index in [0.717, 1.165) is 12.5 Å². The van der Waals surface area contributed by atoms with Crippen LogP contribution >= 0.6 is 11.3 Å². The number of nitrogens with zero attached hydrogens (tertiary/aromatic N) is 2. The van der Waals surface area contributed by atoms with E-state index in [4.69, 9.17) is 5.73 Å². The van der Waals surface area contributed by atoms with Crippen molar-refractivity contribution in [3.63, 3.8) is 0 Å². The minimum atomic E-state index is 0.686. The molecular weight excluding hydrogens is 194 g/mol. The third-order valence-corrected chi connectivity index (χ3v) is 3.71. The number of aromatic nitrogens is 1. The van der Waals surface area contributed by atoms with Gasteiger partial charge in [-0.2, -0.15) is 0 Å². The van der Waals surface area contributed by atoms with E-state index in [1.807, 2.05) is 6.20 Å². The Morgan fingerprint density at radius 2 is 2.57 bits per heavy atom. The molecule has 0 spiro atoms. The largest absolute Gasteiger partial charge is 0.375 e. The van der Waals surface area contributed by atoms with Crippen molar-refractivity contribution in [1.82, 2.24) is 9.88 Å². The van der Waals surface area contributed by atoms with Crippen molar-refractivity contribution < 1.29 is 0 Å². The van der Waals surface area contributed by atoms with E-state index in [1.165, 1.54) is 30.8 Å². The topological polar surface area (TPSA) is 42.2 Å². The SMILES string of the molecule is CCC1CCN(Cc2cnc(N)s2)C1. The fourth-order valence-electron chi connectivity index (χ4n) is 2.01. The predicted octanol–water partition coefficient (Wildman–Crippen LogP) is 1.96. The van der Waals surface area contributed by atoms with Crippen LogP contribution in [0.3, 0.4) is 0 Å². The molecule has 78 valence electrons. The molecule has 14 heavy (non-hydrogen) atoms. The van der Waals surface area contributed by atoms with Gasteiger partial charge in [0.2, 0.25) is 0 Å². The standard InChI is InChI=1S/C10H17N3S/c1-2-8-3-4-13(6-8)7-9-5-12-10(11)14-9/h5,8H,2-4,6-7H2,1H3,(H2,11,12). The summed E-state index contributed by atoms with van der Waals surface area (Å²) < 4.78 is 0. The highest BCUT2D eigenvalue weighted by Crippen LogP contribution is 2.23. The molecule has 4 heteroatoms. The molecule has 3 nitrogen and oxygen atoms in total. The predicted molar refractivity (Wildman–Crippen MR) is 60.2 cm³/mol. The van der Waals surface area contributed by atoms with E-state index in [0.29, 0.717) is 5.13 Å². The van der Waals surface area contributed by atoms with Crippen LogP contribution in [0.5, 0.6) is 0 Å². The Bertz CT molecular complexity index is 297. The quantitative estimate of drug-likeness (QED) is 0.831. The maximum Gasteiger partial charge on any atom is 0.180 e. The van der Waals surface area contributed by atoms with Crippen LogP contribution in [0.25, 0.3) is 0 Å². The summed E-state index contributed by atoms with van der Waals surface area (Å²) in [6, 6.07) is 0. The first-order valence-electron chi connectivity index (χ1n) is 5.20. The molecule has 1 aliphatic rings. The number of hydrogen-bond donors (Lipinski definition) is 1. The first-order chi connectivity index (χ1) is 6.78. The Morgan fingerprint density at radius 1 is 1.71 bits per heavy atom. The van der Waals surface area contributed by atoms with Gasteiger partial charge in [-0.3, -0.25) is 4.90 Å². The molecule has 1 aromatic heterocycles. The Kier molecular flexibility index (Phi) is 3.03. The van der Waals surface area contributed by atoms with Crippen LogP contribution in [0.1, 0.15) is 24.6 Å². The Balaban J connectivity index is 1.87. The summed E-state index contributed by atoms with van der Waals surface area (Å²) in [5, 5.41) is 0.686. The summed E-state index contributed by atoms with van der Waals surface area (Å²) in [7, 11) is 0. The molecule has 1 aromatic rings. The first-order valence-corrected chi connectivity index (χ1v) is 6.02. The van der Waals surface area contributed by atoms with Gasteiger partial charge in [0.15, 0.2) is 5.13 Å². The number of rotatable bonds is 3. The molecule has 0 aromatic carbocycles. The van der Waals surface area contributed by atoms with E-state index >= 15 is 0 Å². The van der Waals surface area contributed by atoms with Crippen LogP contribution in [-0.2, 0) is 6.54 Å². The zero-order valence-electron chi connectivity index (χ0n) is 8.57. The molecule has 1 aliphatic heterocycles. The summed E-state index contributed by atoms with van der Waals surface area (Å²) >= 11 is 1.61. The molecule has 0 amide bonds. The molecule has 0 saturated carbocycles. The lowest BCUT2D eigenvalue weighted by Crippen LogP contribution is -2.19. The van der Waals surface area contributed by atoms with Gasteiger partial charge < -0.3 is 5.73 Å². The van der Waals surface area contributed by atoms with E-state index in [2.05, 4.69) is 16.8 Å². The Hall–Kier alpha value is -0.610. The molecule has 0 radical (unpaired) electrons. The van der Waals surface area contributed by atoms with E-state index < -0.39 is 0 Å². The molecule has 0 aliphatic carbocycles. The molecular formula is C10H17N3S. The number of likely N-dealkylation sites (tertiary alicyclic amines) is 1. The average Bonchev–Trinajstić information content (AvgIpc) is 2.76. The highest BCUT2D eigenvalue weighted by atomic mass is 32.1. The van der Waals surface area contributed by atoms with Gasteiger partial charge in [-0.25, -0.2) is 4.98 Å². The fourth-order valence-corrected chi connectivity index (χ4v) is 2.73. The molecule has 1 unspecified atom stereocenters. The molecule has 2 rings (SSSR count). The normalized spacial score (nSPS) is 23.1. The highest BCUT2D eigenvalue weighted by molar-refractivity contribution is 7.15. The number of anilines is 1. The fraction of sp³-hybridized carbons (Fsp3) is 0.700. The van der Waals surface area contributed by atoms with Crippen LogP contribution in [0.2, 0.25) is 0 Å². The van der Waals surface area contributed by atoms with Gasteiger partial charge in [0, 0.05) is 24.2 Å². The van der Waals surface area contributed by atoms with E-state index in [1.54, 1.807) is 11.3 Å². The van der Waals surface area contributed by atoms with Crippen molar-refractivity contribution in [2.45, 2.75) is 26.3 Å². The maximum atomic E-state index is 5.60. The van der Waals surface area contributed by atoms with Crippen LogP contribution in [0.15, 0.2) is 6.20 Å². The summed E-state index contributed by atoms with van der Waals surface area (Å²) in [6.45, 7) is 5.79. The number of hydrogen-bond acceptors (Lipinski definition) is 4. The van der Waals surface area contributed by atoms with Crippen LogP contribution in [0.4, 0.5) is 5.13 Å². The minimum Gasteiger partial charge on any atom is -0.375 e. The Morgan fingerprint density at radius 3 is 3.14 bits per heavy atom. The first kappa shape index (κ1) is 9.93. The second kappa shape index (κ2) is 4.28. The number of nitrogens with two attached hydrogens (primary N) is 1. The molecule has 1 fully saturated rings. The van der Waals surface area contributed by atoms with Gasteiger partial charge in [-0.05, 0) is 18.9 Å². The lowest BCUT2D eigenvalue weighted by molar-refractivity contribution is 0.318. The smallest absolute Gasteiger partial charge is 0.180 e. The molecule has 2 N–H and O–H groups in total. The third-order valence-electron chi connectivity index (χ3n) is 2.90. The second-order valence-electron chi connectivity index (χ2n) is 3.96. The lowest BCUT2D eigenvalue weighted by atomic mass is 10.1. The summed E-state index contributed by atoms with van der Waals surface area (Å²) in [4.78, 5) is 7.86. The number of nitrogen functional groups attached to an aromatic ring is 1. The van der Waals surface area contributed by atoms with Gasteiger partial charge in [0.25, 0.3) is 0 Å². The van der Waals surface area contributed by atoms with Crippen molar-refractivity contribution in [2.75, 3.05) is 18.8 Å². The van der Waals surface area contributed by atoms with E-state index in [-0.39, 0.29) is 0 Å². The summed E-state index contributed by atoms with van der Waals surface area (Å²) in [5.41, 5.74) is 5.60. The number of thiazole rings is 1. The van der Waals surface area contributed by atoms with Crippen molar-refractivity contribution in [2.24, 2.45) is 5.92 Å². The summed E-state index contributed by atoms with van der Waals surface area (Å²) in [6.07, 6.45) is 4.56. The average molecular weight is 211 g/mol. The van der Waals surface area contributed by atoms with Crippen LogP contribution < -0.4 is 5.73 Å². The van der Waals surface area contributed by atoms with E-state index in [9.17, 15) is 0 Å². The van der Waals surface area contributed by atoms with Crippen molar-refractivity contribution in [1.29, 1.82) is 0 Å². The van der Waals surface area contributed by atoms with Crippen LogP contribution in [0, 0.1) is 5.92 Å². The molecule has 0 bridgehead atoms. The van der Waals surface area contributed by atoms with Gasteiger partial charge in [0.1, 0.15) is 0 Å². The van der Waals surface area contributed by atoms with Gasteiger partial charge in [-0.15, -0.1) is 11.3 Å². The zero-order valence-corrected chi connectivity index (χ0v) is 9.39. The monoisotopic (exact) mass is 211 g/mol. The maximum absolute atomic E-state index is 5.60. The minimum absolute atomic E-state index is 0.686. The second-order valence-corrected chi connectivity index (χ2v) is 5.11. The van der Waals surface area contributed by atoms with Crippen molar-refractivity contribution >= 4 is 16.5 Å². The molecule has 1 saturated heterocycles. The van der Waals surface area contributed by atoms with Gasteiger partial charge in [-0.1, -0.05) is 13.3 Å².